The molecule has 1 unspecified atom stereocenters. The predicted octanol–water partition coefficient (Wildman–Crippen LogP) is 2.52. The van der Waals surface area contributed by atoms with Crippen LogP contribution in [0.15, 0.2) is 29.6 Å². The summed E-state index contributed by atoms with van der Waals surface area (Å²) in [6, 6.07) is 6.48. The van der Waals surface area contributed by atoms with Gasteiger partial charge in [0, 0.05) is 24.0 Å². The largest absolute Gasteiger partial charge is 0.480 e. The molecule has 0 amide bonds. The molecule has 0 aliphatic carbocycles. The highest BCUT2D eigenvalue weighted by molar-refractivity contribution is 7.13. The van der Waals surface area contributed by atoms with Crippen LogP contribution < -0.4 is 10.6 Å². The summed E-state index contributed by atoms with van der Waals surface area (Å²) in [6.07, 6.45) is 0. The van der Waals surface area contributed by atoms with Gasteiger partial charge in [-0.25, -0.2) is 4.98 Å². The van der Waals surface area contributed by atoms with Crippen LogP contribution in [0.1, 0.15) is 17.3 Å². The minimum Gasteiger partial charge on any atom is -0.480 e. The first-order chi connectivity index (χ1) is 9.47. The molecule has 5 nitrogen and oxygen atoms in total. The number of thiazole rings is 1. The van der Waals surface area contributed by atoms with Crippen molar-refractivity contribution >= 4 is 34.0 Å². The van der Waals surface area contributed by atoms with Crippen LogP contribution in [-0.4, -0.2) is 23.1 Å². The van der Waals surface area contributed by atoms with Gasteiger partial charge in [0.05, 0.1) is 5.69 Å². The van der Waals surface area contributed by atoms with E-state index in [4.69, 9.17) is 22.4 Å². The van der Waals surface area contributed by atoms with Gasteiger partial charge in [-0.15, -0.1) is 11.3 Å². The highest BCUT2D eigenvalue weighted by atomic mass is 35.5. The lowest BCUT2D eigenvalue weighted by Crippen LogP contribution is -2.21. The van der Waals surface area contributed by atoms with Gasteiger partial charge < -0.3 is 15.7 Å². The fourth-order valence-electron chi connectivity index (χ4n) is 1.70. The van der Waals surface area contributed by atoms with Crippen molar-refractivity contribution in [3.63, 3.8) is 0 Å². The highest BCUT2D eigenvalue weighted by Crippen LogP contribution is 2.24. The highest BCUT2D eigenvalue weighted by Gasteiger charge is 2.18. The maximum atomic E-state index is 10.8. The standard InChI is InChI=1S/C13H14ClN3O2S/c1-17(6-8-3-2-4-9(14)5-8)13-16-10(7-20-13)11(15)12(18)19/h2-5,7,11H,6,15H2,1H3,(H,18,19). The van der Waals surface area contributed by atoms with Crippen molar-refractivity contribution in [2.24, 2.45) is 5.73 Å². The third kappa shape index (κ3) is 3.47. The van der Waals surface area contributed by atoms with Gasteiger partial charge in [-0.05, 0) is 17.7 Å². The molecule has 2 rings (SSSR count). The molecule has 1 heterocycles. The fourth-order valence-corrected chi connectivity index (χ4v) is 2.74. The van der Waals surface area contributed by atoms with Gasteiger partial charge in [-0.2, -0.15) is 0 Å². The van der Waals surface area contributed by atoms with E-state index in [0.717, 1.165) is 10.7 Å². The number of benzene rings is 1. The van der Waals surface area contributed by atoms with Crippen molar-refractivity contribution in [1.82, 2.24) is 4.98 Å². The van der Waals surface area contributed by atoms with Gasteiger partial charge in [0.1, 0.15) is 6.04 Å². The number of halogens is 1. The Morgan fingerprint density at radius 2 is 2.35 bits per heavy atom. The number of rotatable bonds is 5. The average molecular weight is 312 g/mol. The lowest BCUT2D eigenvalue weighted by molar-refractivity contribution is -0.138. The van der Waals surface area contributed by atoms with E-state index in [1.165, 1.54) is 11.3 Å². The Labute approximate surface area is 125 Å². The van der Waals surface area contributed by atoms with Crippen LogP contribution in [0.5, 0.6) is 0 Å². The van der Waals surface area contributed by atoms with Crippen LogP contribution in [-0.2, 0) is 11.3 Å². The molecule has 1 aromatic carbocycles. The first kappa shape index (κ1) is 14.8. The van der Waals surface area contributed by atoms with Crippen LogP contribution >= 0.6 is 22.9 Å². The topological polar surface area (TPSA) is 79.5 Å². The van der Waals surface area contributed by atoms with E-state index in [-0.39, 0.29) is 0 Å². The van der Waals surface area contributed by atoms with Crippen LogP contribution in [0.4, 0.5) is 5.13 Å². The zero-order chi connectivity index (χ0) is 14.7. The van der Waals surface area contributed by atoms with E-state index in [9.17, 15) is 4.79 Å². The van der Waals surface area contributed by atoms with Crippen molar-refractivity contribution in [3.8, 4) is 0 Å². The number of anilines is 1. The normalized spacial score (nSPS) is 12.2. The summed E-state index contributed by atoms with van der Waals surface area (Å²) in [5.41, 5.74) is 6.96. The number of aliphatic carboxylic acids is 1. The molecule has 7 heteroatoms. The first-order valence-corrected chi connectivity index (χ1v) is 7.12. The summed E-state index contributed by atoms with van der Waals surface area (Å²) in [5, 5.41) is 11.9. The van der Waals surface area contributed by atoms with Gasteiger partial charge in [-0.3, -0.25) is 4.79 Å². The monoisotopic (exact) mass is 311 g/mol. The molecule has 0 fully saturated rings. The molecule has 0 aliphatic heterocycles. The van der Waals surface area contributed by atoms with Gasteiger partial charge in [0.2, 0.25) is 0 Å². The van der Waals surface area contributed by atoms with Crippen LogP contribution in [0, 0.1) is 0 Å². The van der Waals surface area contributed by atoms with E-state index in [1.807, 2.05) is 36.2 Å². The summed E-state index contributed by atoms with van der Waals surface area (Å²) in [5.74, 6) is -1.08. The van der Waals surface area contributed by atoms with E-state index < -0.39 is 12.0 Å². The van der Waals surface area contributed by atoms with Crippen molar-refractivity contribution in [2.75, 3.05) is 11.9 Å². The molecule has 0 spiro atoms. The number of carboxylic acid groups (broad SMARTS) is 1. The molecule has 0 saturated heterocycles. The zero-order valence-electron chi connectivity index (χ0n) is 10.8. The van der Waals surface area contributed by atoms with Crippen molar-refractivity contribution in [2.45, 2.75) is 12.6 Å². The molecular weight excluding hydrogens is 298 g/mol. The number of hydrogen-bond acceptors (Lipinski definition) is 5. The Morgan fingerprint density at radius 3 is 3.00 bits per heavy atom. The third-order valence-electron chi connectivity index (χ3n) is 2.73. The lowest BCUT2D eigenvalue weighted by Gasteiger charge is -2.15. The molecule has 3 N–H and O–H groups in total. The maximum absolute atomic E-state index is 10.8. The molecule has 2 aromatic rings. The summed E-state index contributed by atoms with van der Waals surface area (Å²) in [6.45, 7) is 0.635. The van der Waals surface area contributed by atoms with E-state index in [2.05, 4.69) is 4.98 Å². The Kier molecular flexibility index (Phi) is 4.59. The molecule has 1 aromatic heterocycles. The number of aromatic nitrogens is 1. The number of hydrogen-bond donors (Lipinski definition) is 2. The molecule has 1 atom stereocenters. The minimum atomic E-state index is -1.08. The van der Waals surface area contributed by atoms with E-state index in [0.29, 0.717) is 17.3 Å². The SMILES string of the molecule is CN(Cc1cccc(Cl)c1)c1nc(C(N)C(=O)O)cs1. The van der Waals surface area contributed by atoms with Gasteiger partial charge in [0.25, 0.3) is 0 Å². The Bertz CT molecular complexity index is 617. The summed E-state index contributed by atoms with van der Waals surface area (Å²) in [7, 11) is 1.88. The molecule has 0 saturated carbocycles. The fraction of sp³-hybridized carbons (Fsp3) is 0.231. The molecule has 106 valence electrons. The quantitative estimate of drug-likeness (QED) is 0.887. The molecule has 0 bridgehead atoms. The predicted molar refractivity (Wildman–Crippen MR) is 80.2 cm³/mol. The van der Waals surface area contributed by atoms with Gasteiger partial charge in [-0.1, -0.05) is 23.7 Å². The Morgan fingerprint density at radius 1 is 1.60 bits per heavy atom. The third-order valence-corrected chi connectivity index (χ3v) is 3.94. The van der Waals surface area contributed by atoms with Crippen molar-refractivity contribution in [1.29, 1.82) is 0 Å². The molecule has 0 radical (unpaired) electrons. The summed E-state index contributed by atoms with van der Waals surface area (Å²) in [4.78, 5) is 17.0. The van der Waals surface area contributed by atoms with Crippen LogP contribution in [0.3, 0.4) is 0 Å². The second kappa shape index (κ2) is 6.21. The lowest BCUT2D eigenvalue weighted by atomic mass is 10.2. The molecule has 20 heavy (non-hydrogen) atoms. The van der Waals surface area contributed by atoms with Crippen LogP contribution in [0.2, 0.25) is 5.02 Å². The Balaban J connectivity index is 2.10. The van der Waals surface area contributed by atoms with Gasteiger partial charge >= 0.3 is 5.97 Å². The number of carbonyl (C=O) groups is 1. The first-order valence-electron chi connectivity index (χ1n) is 5.87. The second-order valence-corrected chi connectivity index (χ2v) is 5.63. The average Bonchev–Trinajstić information content (AvgIpc) is 2.87. The number of nitrogens with two attached hydrogens (primary N) is 1. The minimum absolute atomic E-state index is 0.371. The molecule has 0 aliphatic rings. The van der Waals surface area contributed by atoms with Gasteiger partial charge in [0.15, 0.2) is 5.13 Å². The number of carboxylic acids is 1. The van der Waals surface area contributed by atoms with Crippen molar-refractivity contribution in [3.05, 3.63) is 45.9 Å². The van der Waals surface area contributed by atoms with Crippen molar-refractivity contribution < 1.29 is 9.90 Å². The number of nitrogens with zero attached hydrogens (tertiary/aromatic N) is 2. The summed E-state index contributed by atoms with van der Waals surface area (Å²) >= 11 is 7.31. The van der Waals surface area contributed by atoms with Crippen LogP contribution in [0.25, 0.3) is 0 Å². The zero-order valence-corrected chi connectivity index (χ0v) is 12.4. The Hall–Kier alpha value is -1.63. The maximum Gasteiger partial charge on any atom is 0.326 e. The summed E-state index contributed by atoms with van der Waals surface area (Å²) < 4.78 is 0. The van der Waals surface area contributed by atoms with E-state index in [1.54, 1.807) is 5.38 Å². The van der Waals surface area contributed by atoms with E-state index >= 15 is 0 Å². The smallest absolute Gasteiger partial charge is 0.326 e. The second-order valence-electron chi connectivity index (χ2n) is 4.36. The molecular formula is C13H14ClN3O2S.